The molecule has 0 heterocycles. The minimum Gasteiger partial charge on any atom is -0.456 e. The van der Waals surface area contributed by atoms with E-state index in [2.05, 4.69) is 19.1 Å². The molecule has 10 unspecified atom stereocenters. The van der Waals surface area contributed by atoms with Gasteiger partial charge in [0, 0.05) is 0 Å². The van der Waals surface area contributed by atoms with E-state index >= 15 is 0 Å². The molecule has 6 rings (SSSR count). The van der Waals surface area contributed by atoms with E-state index in [1.807, 2.05) is 0 Å². The summed E-state index contributed by atoms with van der Waals surface area (Å²) in [6.07, 6.45) is 13.8. The van der Waals surface area contributed by atoms with E-state index in [-0.39, 0.29) is 30.1 Å². The molecular weight excluding hydrogens is 352 g/mol. The summed E-state index contributed by atoms with van der Waals surface area (Å²) >= 11 is 0. The summed E-state index contributed by atoms with van der Waals surface area (Å²) in [5.74, 6) is 4.88. The quantitative estimate of drug-likeness (QED) is 0.406. The topological polar surface area (TPSA) is 52.6 Å². The Morgan fingerprint density at radius 2 is 1.86 bits per heavy atom. The minimum absolute atomic E-state index is 0.00873. The highest BCUT2D eigenvalue weighted by Gasteiger charge is 2.62. The van der Waals surface area contributed by atoms with Gasteiger partial charge in [0.1, 0.15) is 5.60 Å². The lowest BCUT2D eigenvalue weighted by Gasteiger charge is -2.37. The molecule has 0 aromatic carbocycles. The molecule has 6 bridgehead atoms. The van der Waals surface area contributed by atoms with Gasteiger partial charge in [-0.3, -0.25) is 4.79 Å². The van der Waals surface area contributed by atoms with E-state index in [1.165, 1.54) is 32.1 Å². The number of hydrogen-bond donors (Lipinski definition) is 0. The monoisotopic (exact) mass is 384 g/mol. The molecule has 4 heteroatoms. The van der Waals surface area contributed by atoms with Crippen LogP contribution in [0.15, 0.2) is 12.2 Å². The van der Waals surface area contributed by atoms with Crippen molar-refractivity contribution in [1.82, 2.24) is 0 Å². The normalized spacial score (nSPS) is 51.7. The number of allylic oxidation sites excluding steroid dienone is 2. The molecule has 6 aliphatic carbocycles. The Labute approximate surface area is 167 Å². The van der Waals surface area contributed by atoms with Gasteiger partial charge in [-0.1, -0.05) is 19.1 Å². The van der Waals surface area contributed by atoms with Gasteiger partial charge in [0.2, 0.25) is 0 Å². The number of ether oxygens (including phenoxy) is 2. The largest absolute Gasteiger partial charge is 0.456 e. The van der Waals surface area contributed by atoms with Crippen LogP contribution in [0.3, 0.4) is 0 Å². The molecular formula is C24H32O4. The second kappa shape index (κ2) is 6.09. The first-order valence-electron chi connectivity index (χ1n) is 11.6. The molecule has 10 atom stereocenters. The first-order valence-corrected chi connectivity index (χ1v) is 11.6. The van der Waals surface area contributed by atoms with Gasteiger partial charge < -0.3 is 9.47 Å². The summed E-state index contributed by atoms with van der Waals surface area (Å²) in [4.78, 5) is 25.3. The van der Waals surface area contributed by atoms with Crippen molar-refractivity contribution >= 4 is 11.9 Å². The van der Waals surface area contributed by atoms with Gasteiger partial charge in [-0.15, -0.1) is 0 Å². The Kier molecular flexibility index (Phi) is 3.81. The van der Waals surface area contributed by atoms with Crippen LogP contribution < -0.4 is 0 Å². The highest BCUT2D eigenvalue weighted by atomic mass is 16.6. The summed E-state index contributed by atoms with van der Waals surface area (Å²) in [6.45, 7) is 1.92. The zero-order valence-corrected chi connectivity index (χ0v) is 16.8. The van der Waals surface area contributed by atoms with Crippen LogP contribution in [-0.4, -0.2) is 24.1 Å². The Balaban J connectivity index is 1.05. The summed E-state index contributed by atoms with van der Waals surface area (Å²) in [5.41, 5.74) is -0.290. The van der Waals surface area contributed by atoms with E-state index in [0.717, 1.165) is 37.0 Å². The lowest BCUT2D eigenvalue weighted by Crippen LogP contribution is -2.41. The fourth-order valence-electron chi connectivity index (χ4n) is 8.80. The van der Waals surface area contributed by atoms with Crippen LogP contribution >= 0.6 is 0 Å². The van der Waals surface area contributed by atoms with Crippen LogP contribution in [0.1, 0.15) is 58.3 Å². The van der Waals surface area contributed by atoms with Crippen molar-refractivity contribution in [3.05, 3.63) is 12.2 Å². The van der Waals surface area contributed by atoms with Gasteiger partial charge in [-0.05, 0) is 98.7 Å². The minimum atomic E-state index is -0.341. The number of rotatable bonds is 5. The van der Waals surface area contributed by atoms with Crippen LogP contribution in [0, 0.1) is 53.3 Å². The van der Waals surface area contributed by atoms with Gasteiger partial charge in [0.25, 0.3) is 0 Å². The smallest absolute Gasteiger partial charge is 0.344 e. The fourth-order valence-corrected chi connectivity index (χ4v) is 8.80. The van der Waals surface area contributed by atoms with Crippen molar-refractivity contribution in [2.24, 2.45) is 53.3 Å². The Hall–Kier alpha value is -1.32. The van der Waals surface area contributed by atoms with Crippen LogP contribution in [0.4, 0.5) is 0 Å². The molecule has 0 aromatic rings. The van der Waals surface area contributed by atoms with Gasteiger partial charge in [0.05, 0.1) is 5.92 Å². The van der Waals surface area contributed by atoms with E-state index < -0.39 is 0 Å². The number of carbonyl (C=O) groups excluding carboxylic acids is 2. The van der Waals surface area contributed by atoms with Crippen molar-refractivity contribution in [2.45, 2.75) is 63.9 Å². The molecule has 5 fully saturated rings. The third-order valence-electron chi connectivity index (χ3n) is 9.74. The Bertz CT molecular complexity index is 728. The maximum atomic E-state index is 12.8. The molecule has 5 saturated carbocycles. The Morgan fingerprint density at radius 3 is 2.57 bits per heavy atom. The van der Waals surface area contributed by atoms with Crippen molar-refractivity contribution in [2.75, 3.05) is 6.61 Å². The SMILES string of the molecule is CCC1(OC(=O)COC(=O)C2CC3CC2C2C4C=CC(C4)C32)CC2CCC1C2. The zero-order valence-electron chi connectivity index (χ0n) is 16.8. The lowest BCUT2D eigenvalue weighted by molar-refractivity contribution is -0.177. The van der Waals surface area contributed by atoms with Crippen molar-refractivity contribution < 1.29 is 19.1 Å². The van der Waals surface area contributed by atoms with Crippen LogP contribution in [0.25, 0.3) is 0 Å². The molecule has 4 nitrogen and oxygen atoms in total. The number of carbonyl (C=O) groups is 2. The lowest BCUT2D eigenvalue weighted by atomic mass is 9.69. The standard InChI is InChI=1S/C24H32O4/c1-2-24(11-13-3-6-17(24)7-13)28-20(25)12-27-23(26)19-10-16-9-18(19)22-15-5-4-14(8-15)21(16)22/h4-5,13-19,21-22H,2-3,6-12H2,1H3. The zero-order chi connectivity index (χ0) is 19.0. The summed E-state index contributed by atoms with van der Waals surface area (Å²) in [6, 6.07) is 0. The maximum absolute atomic E-state index is 12.8. The third-order valence-corrected chi connectivity index (χ3v) is 9.74. The number of fused-ring (bicyclic) bond motifs is 11. The first-order chi connectivity index (χ1) is 13.6. The summed E-state index contributed by atoms with van der Waals surface area (Å²) < 4.78 is 11.5. The fraction of sp³-hybridized carbons (Fsp3) is 0.833. The highest BCUT2D eigenvalue weighted by molar-refractivity contribution is 5.78. The van der Waals surface area contributed by atoms with Crippen LogP contribution in [-0.2, 0) is 19.1 Å². The summed E-state index contributed by atoms with van der Waals surface area (Å²) in [7, 11) is 0. The maximum Gasteiger partial charge on any atom is 0.344 e. The van der Waals surface area contributed by atoms with Crippen molar-refractivity contribution in [3.63, 3.8) is 0 Å². The van der Waals surface area contributed by atoms with E-state index in [1.54, 1.807) is 0 Å². The molecule has 0 aromatic heterocycles. The number of esters is 2. The molecule has 152 valence electrons. The molecule has 28 heavy (non-hydrogen) atoms. The predicted octanol–water partition coefficient (Wildman–Crippen LogP) is 4.14. The van der Waals surface area contributed by atoms with E-state index in [0.29, 0.717) is 29.6 Å². The average molecular weight is 385 g/mol. The van der Waals surface area contributed by atoms with Crippen LogP contribution in [0.2, 0.25) is 0 Å². The van der Waals surface area contributed by atoms with Crippen LogP contribution in [0.5, 0.6) is 0 Å². The van der Waals surface area contributed by atoms with Gasteiger partial charge in [-0.25, -0.2) is 4.79 Å². The van der Waals surface area contributed by atoms with E-state index in [9.17, 15) is 9.59 Å². The second-order valence-electron chi connectivity index (χ2n) is 10.7. The Morgan fingerprint density at radius 1 is 1.04 bits per heavy atom. The summed E-state index contributed by atoms with van der Waals surface area (Å²) in [5, 5.41) is 0. The van der Waals surface area contributed by atoms with Crippen molar-refractivity contribution in [3.8, 4) is 0 Å². The number of hydrogen-bond acceptors (Lipinski definition) is 4. The van der Waals surface area contributed by atoms with Gasteiger partial charge in [0.15, 0.2) is 6.61 Å². The molecule has 0 aliphatic heterocycles. The van der Waals surface area contributed by atoms with Gasteiger partial charge in [-0.2, -0.15) is 0 Å². The van der Waals surface area contributed by atoms with Crippen molar-refractivity contribution in [1.29, 1.82) is 0 Å². The molecule has 0 amide bonds. The average Bonchev–Trinajstić information content (AvgIpc) is 3.50. The van der Waals surface area contributed by atoms with E-state index in [4.69, 9.17) is 9.47 Å². The molecule has 0 spiro atoms. The molecule has 6 aliphatic rings. The molecule has 0 radical (unpaired) electrons. The predicted molar refractivity (Wildman–Crippen MR) is 103 cm³/mol. The molecule has 0 N–H and O–H groups in total. The second-order valence-corrected chi connectivity index (χ2v) is 10.7. The van der Waals surface area contributed by atoms with Gasteiger partial charge >= 0.3 is 11.9 Å². The first kappa shape index (κ1) is 17.5. The third kappa shape index (κ3) is 2.35. The highest BCUT2D eigenvalue weighted by Crippen LogP contribution is 2.67. The molecule has 0 saturated heterocycles.